The monoisotopic (exact) mass is 355 g/mol. The van der Waals surface area contributed by atoms with Crippen LogP contribution in [0, 0.1) is 5.82 Å². The van der Waals surface area contributed by atoms with Gasteiger partial charge < -0.3 is 10.1 Å². The van der Waals surface area contributed by atoms with E-state index in [-0.39, 0.29) is 30.2 Å². The van der Waals surface area contributed by atoms with E-state index in [9.17, 15) is 14.0 Å². The molecule has 1 amide bonds. The van der Waals surface area contributed by atoms with Crippen LogP contribution in [0.5, 0.6) is 0 Å². The number of halogens is 1. The first-order valence-corrected chi connectivity index (χ1v) is 8.80. The maximum absolute atomic E-state index is 12.8. The predicted molar refractivity (Wildman–Crippen MR) is 96.0 cm³/mol. The van der Waals surface area contributed by atoms with Gasteiger partial charge in [-0.3, -0.25) is 9.59 Å². The molecular formula is C21H22FNO3. The Bertz CT molecular complexity index is 755. The molecule has 5 heteroatoms. The Morgan fingerprint density at radius 1 is 1.04 bits per heavy atom. The van der Waals surface area contributed by atoms with Crippen LogP contribution in [0.25, 0.3) is 0 Å². The van der Waals surface area contributed by atoms with Crippen LogP contribution in [-0.2, 0) is 26.2 Å². The van der Waals surface area contributed by atoms with Crippen LogP contribution in [0.2, 0.25) is 0 Å². The van der Waals surface area contributed by atoms with Crippen molar-refractivity contribution in [2.24, 2.45) is 0 Å². The highest BCUT2D eigenvalue weighted by Crippen LogP contribution is 2.43. The van der Waals surface area contributed by atoms with Crippen molar-refractivity contribution >= 4 is 11.9 Å². The number of esters is 1. The molecule has 0 radical (unpaired) electrons. The van der Waals surface area contributed by atoms with Crippen molar-refractivity contribution in [3.8, 4) is 0 Å². The summed E-state index contributed by atoms with van der Waals surface area (Å²) in [6.45, 7) is 0.246. The van der Waals surface area contributed by atoms with Crippen LogP contribution in [0.1, 0.15) is 30.4 Å². The molecule has 3 rings (SSSR count). The Balaban J connectivity index is 1.44. The van der Waals surface area contributed by atoms with Gasteiger partial charge in [0.25, 0.3) is 5.91 Å². The van der Waals surface area contributed by atoms with Crippen molar-refractivity contribution in [2.75, 3.05) is 13.2 Å². The molecule has 0 aromatic heterocycles. The van der Waals surface area contributed by atoms with Gasteiger partial charge in [-0.2, -0.15) is 0 Å². The number of hydrogen-bond donors (Lipinski definition) is 1. The van der Waals surface area contributed by atoms with Gasteiger partial charge in [-0.1, -0.05) is 48.9 Å². The lowest BCUT2D eigenvalue weighted by atomic mass is 9.64. The van der Waals surface area contributed by atoms with Crippen molar-refractivity contribution in [3.63, 3.8) is 0 Å². The first-order valence-electron chi connectivity index (χ1n) is 8.80. The minimum atomic E-state index is -0.506. The Kier molecular flexibility index (Phi) is 5.66. The molecule has 0 atom stereocenters. The van der Waals surface area contributed by atoms with Crippen LogP contribution in [0.3, 0.4) is 0 Å². The van der Waals surface area contributed by atoms with Crippen LogP contribution in [0.4, 0.5) is 4.39 Å². The second-order valence-corrected chi connectivity index (χ2v) is 6.74. The highest BCUT2D eigenvalue weighted by atomic mass is 19.1. The van der Waals surface area contributed by atoms with E-state index in [4.69, 9.17) is 4.74 Å². The molecule has 0 aliphatic heterocycles. The highest BCUT2D eigenvalue weighted by Gasteiger charge is 2.38. The average Bonchev–Trinajstić information content (AvgIpc) is 2.62. The fourth-order valence-electron chi connectivity index (χ4n) is 3.25. The highest BCUT2D eigenvalue weighted by molar-refractivity contribution is 5.81. The molecule has 2 aromatic carbocycles. The van der Waals surface area contributed by atoms with E-state index < -0.39 is 5.97 Å². The molecule has 2 aromatic rings. The smallest absolute Gasteiger partial charge is 0.310 e. The molecular weight excluding hydrogens is 333 g/mol. The van der Waals surface area contributed by atoms with Gasteiger partial charge in [0.15, 0.2) is 6.61 Å². The van der Waals surface area contributed by atoms with Crippen molar-refractivity contribution in [3.05, 3.63) is 71.5 Å². The summed E-state index contributed by atoms with van der Waals surface area (Å²) in [5.74, 6) is -1.17. The molecule has 0 spiro atoms. The molecule has 0 bridgehead atoms. The predicted octanol–water partition coefficient (Wildman–Crippen LogP) is 3.15. The Labute approximate surface area is 152 Å². The quantitative estimate of drug-likeness (QED) is 0.777. The Hall–Kier alpha value is -2.69. The lowest BCUT2D eigenvalue weighted by molar-refractivity contribution is -0.148. The molecule has 136 valence electrons. The first-order chi connectivity index (χ1) is 12.6. The van der Waals surface area contributed by atoms with Crippen molar-refractivity contribution in [1.29, 1.82) is 0 Å². The number of hydrogen-bond acceptors (Lipinski definition) is 3. The lowest BCUT2D eigenvalue weighted by Crippen LogP contribution is -2.46. The van der Waals surface area contributed by atoms with Gasteiger partial charge in [0.05, 0.1) is 6.42 Å². The number of benzene rings is 2. The summed E-state index contributed by atoms with van der Waals surface area (Å²) in [7, 11) is 0. The third-order valence-electron chi connectivity index (χ3n) is 4.95. The van der Waals surface area contributed by atoms with Crippen LogP contribution in [0.15, 0.2) is 54.6 Å². The standard InChI is InChI=1S/C21H22FNO3/c22-18-9-7-16(8-10-18)13-20(25)26-14-19(24)23-15-21(11-4-12-21)17-5-2-1-3-6-17/h1-3,5-10H,4,11-15H2,(H,23,24). The van der Waals surface area contributed by atoms with Crippen LogP contribution >= 0.6 is 0 Å². The summed E-state index contributed by atoms with van der Waals surface area (Å²) in [4.78, 5) is 23.8. The van der Waals surface area contributed by atoms with Gasteiger partial charge >= 0.3 is 5.97 Å². The summed E-state index contributed by atoms with van der Waals surface area (Å²) < 4.78 is 17.9. The number of rotatable bonds is 7. The number of carbonyl (C=O) groups is 2. The van der Waals surface area contributed by atoms with E-state index >= 15 is 0 Å². The van der Waals surface area contributed by atoms with Crippen molar-refractivity contribution < 1.29 is 18.7 Å². The van der Waals surface area contributed by atoms with Crippen LogP contribution in [-0.4, -0.2) is 25.0 Å². The normalized spacial score (nSPS) is 15.0. The maximum Gasteiger partial charge on any atom is 0.310 e. The van der Waals surface area contributed by atoms with Gasteiger partial charge in [-0.25, -0.2) is 4.39 Å². The molecule has 0 saturated heterocycles. The molecule has 1 aliphatic carbocycles. The van der Waals surface area contributed by atoms with Gasteiger partial charge in [-0.15, -0.1) is 0 Å². The number of ether oxygens (including phenoxy) is 1. The fraction of sp³-hybridized carbons (Fsp3) is 0.333. The molecule has 1 fully saturated rings. The summed E-state index contributed by atoms with van der Waals surface area (Å²) in [5, 5.41) is 2.88. The van der Waals surface area contributed by atoms with Gasteiger partial charge in [0, 0.05) is 12.0 Å². The molecule has 0 heterocycles. The Morgan fingerprint density at radius 2 is 1.73 bits per heavy atom. The van der Waals surface area contributed by atoms with E-state index in [1.54, 1.807) is 0 Å². The summed E-state index contributed by atoms with van der Waals surface area (Å²) >= 11 is 0. The molecule has 26 heavy (non-hydrogen) atoms. The molecule has 1 N–H and O–H groups in total. The topological polar surface area (TPSA) is 55.4 Å². The van der Waals surface area contributed by atoms with Gasteiger partial charge in [0.1, 0.15) is 5.82 Å². The Morgan fingerprint density at radius 3 is 2.35 bits per heavy atom. The zero-order valence-electron chi connectivity index (χ0n) is 14.5. The fourth-order valence-corrected chi connectivity index (χ4v) is 3.25. The zero-order valence-corrected chi connectivity index (χ0v) is 14.5. The second-order valence-electron chi connectivity index (χ2n) is 6.74. The first kappa shape index (κ1) is 18.1. The number of carbonyl (C=O) groups excluding carboxylic acids is 2. The summed E-state index contributed by atoms with van der Waals surface area (Å²) in [6, 6.07) is 15.8. The third-order valence-corrected chi connectivity index (χ3v) is 4.95. The van der Waals surface area contributed by atoms with Crippen LogP contribution < -0.4 is 5.32 Å². The number of amides is 1. The molecule has 1 saturated carbocycles. The molecule has 0 unspecified atom stereocenters. The van der Waals surface area contributed by atoms with Gasteiger partial charge in [-0.05, 0) is 36.1 Å². The summed E-state index contributed by atoms with van der Waals surface area (Å²) in [5.41, 5.74) is 1.88. The lowest BCUT2D eigenvalue weighted by Gasteiger charge is -2.42. The van der Waals surface area contributed by atoms with E-state index in [0.717, 1.165) is 19.3 Å². The second kappa shape index (κ2) is 8.13. The van der Waals surface area contributed by atoms with E-state index in [2.05, 4.69) is 17.4 Å². The molecule has 1 aliphatic rings. The van der Waals surface area contributed by atoms with Crippen molar-refractivity contribution in [2.45, 2.75) is 31.1 Å². The largest absolute Gasteiger partial charge is 0.455 e. The van der Waals surface area contributed by atoms with Gasteiger partial charge in [0.2, 0.25) is 0 Å². The van der Waals surface area contributed by atoms with E-state index in [1.165, 1.54) is 29.8 Å². The minimum Gasteiger partial charge on any atom is -0.455 e. The van der Waals surface area contributed by atoms with Crippen molar-refractivity contribution in [1.82, 2.24) is 5.32 Å². The van der Waals surface area contributed by atoms with E-state index in [0.29, 0.717) is 12.1 Å². The third kappa shape index (κ3) is 4.48. The minimum absolute atomic E-state index is 0.00492. The average molecular weight is 355 g/mol. The maximum atomic E-state index is 12.8. The summed E-state index contributed by atoms with van der Waals surface area (Å²) in [6.07, 6.45) is 3.25. The number of nitrogens with one attached hydrogen (secondary N) is 1. The SMILES string of the molecule is O=C(COC(=O)Cc1ccc(F)cc1)NCC1(c2ccccc2)CCC1. The zero-order chi connectivity index (χ0) is 18.4. The molecule has 4 nitrogen and oxygen atoms in total. The van der Waals surface area contributed by atoms with E-state index in [1.807, 2.05) is 18.2 Å².